The van der Waals surface area contributed by atoms with Crippen LogP contribution >= 0.6 is 43.2 Å². The Morgan fingerprint density at radius 3 is 1.56 bits per heavy atom. The van der Waals surface area contributed by atoms with Crippen LogP contribution in [0.15, 0.2) is 94.1 Å². The van der Waals surface area contributed by atoms with Gasteiger partial charge in [0.25, 0.3) is 0 Å². The highest BCUT2D eigenvalue weighted by Gasteiger charge is 2.16. The first-order valence-electron chi connectivity index (χ1n) is 11.0. The molecule has 0 radical (unpaired) electrons. The van der Waals surface area contributed by atoms with E-state index in [0.717, 1.165) is 8.95 Å². The highest BCUT2D eigenvalue weighted by Crippen LogP contribution is 2.44. The van der Waals surface area contributed by atoms with Crippen molar-refractivity contribution in [3.63, 3.8) is 0 Å². The van der Waals surface area contributed by atoms with Crippen molar-refractivity contribution in [1.29, 1.82) is 0 Å². The van der Waals surface area contributed by atoms with Crippen molar-refractivity contribution in [2.75, 3.05) is 7.11 Å². The van der Waals surface area contributed by atoms with Crippen molar-refractivity contribution < 1.29 is 4.74 Å². The Bertz CT molecular complexity index is 1540. The quantitative estimate of drug-likeness (QED) is 0.185. The minimum atomic E-state index is 1.07. The summed E-state index contributed by atoms with van der Waals surface area (Å²) < 4.78 is 10.1. The Labute approximate surface area is 220 Å². The van der Waals surface area contributed by atoms with Crippen molar-refractivity contribution in [2.45, 2.75) is 6.92 Å². The van der Waals surface area contributed by atoms with E-state index in [9.17, 15) is 0 Å². The molecule has 0 N–H and O–H groups in total. The molecule has 0 aliphatic heterocycles. The lowest BCUT2D eigenvalue weighted by Crippen LogP contribution is -1.85. The summed E-state index contributed by atoms with van der Waals surface area (Å²) in [5, 5.41) is 2.55. The SMILES string of the molecule is CC=Cc1c(-c2ccc(Br)cc2)ccc2c1sc1c(C=COC)c(-c3ccc(Br)cc3)ccc12. The molecule has 5 aromatic rings. The van der Waals surface area contributed by atoms with Crippen LogP contribution in [0, 0.1) is 0 Å². The molecule has 0 unspecified atom stereocenters. The standard InChI is InChI=1S/C30H22Br2OS/c1-3-4-25-23(19-5-9-21(31)10-6-19)13-15-26-27-16-14-24(20-7-11-22(32)12-8-20)28(17-18-33-2)30(27)34-29(25)26/h3-18H,1-2H3. The van der Waals surface area contributed by atoms with Gasteiger partial charge in [-0.3, -0.25) is 0 Å². The molecule has 0 fully saturated rings. The molecule has 0 aliphatic rings. The molecule has 0 atom stereocenters. The molecule has 0 bridgehead atoms. The number of ether oxygens (including phenoxy) is 1. The minimum absolute atomic E-state index is 1.07. The molecule has 5 rings (SSSR count). The number of halogens is 2. The van der Waals surface area contributed by atoms with Crippen LogP contribution in [0.3, 0.4) is 0 Å². The second-order valence-electron chi connectivity index (χ2n) is 7.96. The lowest BCUT2D eigenvalue weighted by Gasteiger charge is -2.09. The second-order valence-corrected chi connectivity index (χ2v) is 10.8. The number of benzene rings is 4. The summed E-state index contributed by atoms with van der Waals surface area (Å²) in [5.41, 5.74) is 7.27. The normalized spacial score (nSPS) is 11.9. The van der Waals surface area contributed by atoms with Crippen LogP contribution in [-0.2, 0) is 4.74 Å². The largest absolute Gasteiger partial charge is 0.504 e. The van der Waals surface area contributed by atoms with Gasteiger partial charge in [-0.25, -0.2) is 0 Å². The Morgan fingerprint density at radius 1 is 0.647 bits per heavy atom. The van der Waals surface area contributed by atoms with Crippen LogP contribution in [0.4, 0.5) is 0 Å². The first-order chi connectivity index (χ1) is 16.6. The van der Waals surface area contributed by atoms with Gasteiger partial charge in [-0.2, -0.15) is 0 Å². The minimum Gasteiger partial charge on any atom is -0.504 e. The maximum absolute atomic E-state index is 5.33. The average molecular weight is 590 g/mol. The van der Waals surface area contributed by atoms with Crippen molar-refractivity contribution >= 4 is 75.5 Å². The van der Waals surface area contributed by atoms with E-state index in [1.807, 2.05) is 11.3 Å². The molecule has 1 nitrogen and oxygen atoms in total. The zero-order chi connectivity index (χ0) is 23.7. The molecule has 0 amide bonds. The fraction of sp³-hybridized carbons (Fsp3) is 0.0667. The molecule has 168 valence electrons. The number of fused-ring (bicyclic) bond motifs is 3. The van der Waals surface area contributed by atoms with Crippen LogP contribution in [0.1, 0.15) is 18.1 Å². The number of allylic oxidation sites excluding steroid dienone is 1. The smallest absolute Gasteiger partial charge is 0.0831 e. The van der Waals surface area contributed by atoms with Gasteiger partial charge in [0.2, 0.25) is 0 Å². The molecule has 34 heavy (non-hydrogen) atoms. The number of hydrogen-bond acceptors (Lipinski definition) is 2. The molecule has 1 aromatic heterocycles. The number of thiophene rings is 1. The fourth-order valence-electron chi connectivity index (χ4n) is 4.34. The third-order valence-electron chi connectivity index (χ3n) is 5.90. The van der Waals surface area contributed by atoms with E-state index in [1.54, 1.807) is 13.4 Å². The lowest BCUT2D eigenvalue weighted by molar-refractivity contribution is 0.341. The van der Waals surface area contributed by atoms with Gasteiger partial charge in [-0.1, -0.05) is 92.5 Å². The topological polar surface area (TPSA) is 9.23 Å². The summed E-state index contributed by atoms with van der Waals surface area (Å²) >= 11 is 8.96. The van der Waals surface area contributed by atoms with Crippen LogP contribution in [-0.4, -0.2) is 7.11 Å². The Hall–Kier alpha value is -2.66. The van der Waals surface area contributed by atoms with Gasteiger partial charge >= 0.3 is 0 Å². The Kier molecular flexibility index (Phi) is 6.73. The summed E-state index contributed by atoms with van der Waals surface area (Å²) in [6, 6.07) is 26.0. The third kappa shape index (κ3) is 4.26. The maximum atomic E-state index is 5.33. The summed E-state index contributed by atoms with van der Waals surface area (Å²) in [4.78, 5) is 0. The molecule has 0 saturated heterocycles. The van der Waals surface area contributed by atoms with E-state index >= 15 is 0 Å². The molecule has 4 heteroatoms. The van der Waals surface area contributed by atoms with Gasteiger partial charge in [0.1, 0.15) is 0 Å². The van der Waals surface area contributed by atoms with Crippen molar-refractivity contribution in [3.8, 4) is 22.3 Å². The average Bonchev–Trinajstić information content (AvgIpc) is 3.23. The van der Waals surface area contributed by atoms with Gasteiger partial charge < -0.3 is 4.74 Å². The summed E-state index contributed by atoms with van der Waals surface area (Å²) in [6.07, 6.45) is 8.21. The molecular weight excluding hydrogens is 568 g/mol. The number of methoxy groups -OCH3 is 1. The van der Waals surface area contributed by atoms with Gasteiger partial charge in [0.15, 0.2) is 0 Å². The van der Waals surface area contributed by atoms with E-state index in [0.29, 0.717) is 0 Å². The highest BCUT2D eigenvalue weighted by molar-refractivity contribution is 9.10. The van der Waals surface area contributed by atoms with E-state index in [4.69, 9.17) is 4.74 Å². The van der Waals surface area contributed by atoms with Crippen molar-refractivity contribution in [2.24, 2.45) is 0 Å². The molecule has 1 heterocycles. The second kappa shape index (κ2) is 9.91. The molecule has 0 saturated carbocycles. The third-order valence-corrected chi connectivity index (χ3v) is 8.25. The van der Waals surface area contributed by atoms with Gasteiger partial charge in [0.05, 0.1) is 13.4 Å². The predicted octanol–water partition coefficient (Wildman–Crippen LogP) is 10.6. The highest BCUT2D eigenvalue weighted by atomic mass is 79.9. The van der Waals surface area contributed by atoms with E-state index < -0.39 is 0 Å². The summed E-state index contributed by atoms with van der Waals surface area (Å²) in [5.74, 6) is 0. The number of hydrogen-bond donors (Lipinski definition) is 0. The summed E-state index contributed by atoms with van der Waals surface area (Å²) in [7, 11) is 1.69. The molecular formula is C30H22Br2OS. The fourth-order valence-corrected chi connectivity index (χ4v) is 6.23. The summed E-state index contributed by atoms with van der Waals surface area (Å²) in [6.45, 7) is 2.08. The Morgan fingerprint density at radius 2 is 1.12 bits per heavy atom. The van der Waals surface area contributed by atoms with Crippen LogP contribution in [0.25, 0.3) is 54.6 Å². The molecule has 0 aliphatic carbocycles. The van der Waals surface area contributed by atoms with Gasteiger partial charge in [0, 0.05) is 34.7 Å². The van der Waals surface area contributed by atoms with Crippen LogP contribution < -0.4 is 0 Å². The van der Waals surface area contributed by atoms with Crippen molar-refractivity contribution in [1.82, 2.24) is 0 Å². The lowest BCUT2D eigenvalue weighted by atomic mass is 9.95. The predicted molar refractivity (Wildman–Crippen MR) is 156 cm³/mol. The monoisotopic (exact) mass is 588 g/mol. The van der Waals surface area contributed by atoms with Crippen LogP contribution in [0.2, 0.25) is 0 Å². The molecule has 4 aromatic carbocycles. The number of rotatable bonds is 5. The van der Waals surface area contributed by atoms with Crippen LogP contribution in [0.5, 0.6) is 0 Å². The van der Waals surface area contributed by atoms with E-state index in [2.05, 4.69) is 130 Å². The first kappa shape index (κ1) is 23.1. The maximum Gasteiger partial charge on any atom is 0.0831 e. The zero-order valence-electron chi connectivity index (χ0n) is 18.8. The van der Waals surface area contributed by atoms with Crippen molar-refractivity contribution in [3.05, 3.63) is 105 Å². The first-order valence-corrected chi connectivity index (χ1v) is 13.4. The van der Waals surface area contributed by atoms with Gasteiger partial charge in [-0.15, -0.1) is 11.3 Å². The molecule has 0 spiro atoms. The Balaban J connectivity index is 1.81. The zero-order valence-corrected chi connectivity index (χ0v) is 22.8. The van der Waals surface area contributed by atoms with E-state index in [1.165, 1.54) is 53.6 Å². The van der Waals surface area contributed by atoms with E-state index in [-0.39, 0.29) is 0 Å². The van der Waals surface area contributed by atoms with Gasteiger partial charge in [-0.05, 0) is 65.1 Å².